The summed E-state index contributed by atoms with van der Waals surface area (Å²) >= 11 is 0. The molecule has 0 amide bonds. The highest BCUT2D eigenvalue weighted by Crippen LogP contribution is 2.17. The molecule has 63 heavy (non-hydrogen) atoms. The molecule has 0 fully saturated rings. The Morgan fingerprint density at radius 3 is 0.810 bits per heavy atom. The van der Waals surface area contributed by atoms with Crippen molar-refractivity contribution < 1.29 is 28.6 Å². The van der Waals surface area contributed by atoms with Gasteiger partial charge in [0.15, 0.2) is 6.10 Å². The second kappa shape index (κ2) is 52.8. The summed E-state index contributed by atoms with van der Waals surface area (Å²) in [5.41, 5.74) is 0. The molecule has 0 heterocycles. The smallest absolute Gasteiger partial charge is 0.306 e. The van der Waals surface area contributed by atoms with Gasteiger partial charge in [0, 0.05) is 19.3 Å². The second-order valence-electron chi connectivity index (χ2n) is 19.2. The minimum absolute atomic E-state index is 0.0659. The van der Waals surface area contributed by atoms with Gasteiger partial charge in [-0.15, -0.1) is 0 Å². The van der Waals surface area contributed by atoms with Crippen LogP contribution in [0.3, 0.4) is 0 Å². The minimum atomic E-state index is -0.766. The number of ether oxygens (including phenoxy) is 3. The zero-order chi connectivity index (χ0) is 45.8. The number of carbonyl (C=O) groups excluding carboxylic acids is 3. The van der Waals surface area contributed by atoms with E-state index in [1.807, 2.05) is 0 Å². The molecular formula is C57H108O6. The fourth-order valence-corrected chi connectivity index (χ4v) is 8.50. The highest BCUT2D eigenvalue weighted by atomic mass is 16.6. The molecule has 0 aliphatic rings. The average Bonchev–Trinajstić information content (AvgIpc) is 3.28. The number of rotatable bonds is 52. The molecule has 0 aromatic heterocycles. The Hall–Kier alpha value is -1.85. The van der Waals surface area contributed by atoms with Gasteiger partial charge >= 0.3 is 17.9 Å². The van der Waals surface area contributed by atoms with Gasteiger partial charge in [0.2, 0.25) is 0 Å². The maximum Gasteiger partial charge on any atom is 0.306 e. The number of carbonyl (C=O) groups is 3. The van der Waals surface area contributed by atoms with Crippen LogP contribution in [0.5, 0.6) is 0 Å². The maximum atomic E-state index is 12.8. The van der Waals surface area contributed by atoms with Crippen molar-refractivity contribution in [2.24, 2.45) is 0 Å². The van der Waals surface area contributed by atoms with Crippen molar-refractivity contribution in [1.82, 2.24) is 0 Å². The SMILES string of the molecule is CCCCCC/C=C\CCCCCCCCCC(=O)OC(COC(=O)CCCCCCCCCCCCCCCCC)COC(=O)CCCCCCCCCCCCCCCCC. The highest BCUT2D eigenvalue weighted by Gasteiger charge is 2.19. The first kappa shape index (κ1) is 61.1. The lowest BCUT2D eigenvalue weighted by atomic mass is 10.0. The van der Waals surface area contributed by atoms with Gasteiger partial charge in [0.05, 0.1) is 0 Å². The van der Waals surface area contributed by atoms with Gasteiger partial charge < -0.3 is 14.2 Å². The van der Waals surface area contributed by atoms with Crippen LogP contribution in [0.15, 0.2) is 12.2 Å². The normalized spacial score (nSPS) is 11.6. The molecule has 0 bridgehead atoms. The van der Waals surface area contributed by atoms with E-state index in [1.165, 1.54) is 218 Å². The van der Waals surface area contributed by atoms with Gasteiger partial charge in [0.25, 0.3) is 0 Å². The fourth-order valence-electron chi connectivity index (χ4n) is 8.50. The summed E-state index contributed by atoms with van der Waals surface area (Å²) in [5.74, 6) is -0.847. The molecule has 0 aromatic rings. The van der Waals surface area contributed by atoms with Crippen LogP contribution in [0.2, 0.25) is 0 Å². The van der Waals surface area contributed by atoms with E-state index in [4.69, 9.17) is 14.2 Å². The van der Waals surface area contributed by atoms with Crippen molar-refractivity contribution in [3.05, 3.63) is 12.2 Å². The van der Waals surface area contributed by atoms with Crippen LogP contribution >= 0.6 is 0 Å². The van der Waals surface area contributed by atoms with E-state index in [-0.39, 0.29) is 31.1 Å². The van der Waals surface area contributed by atoms with E-state index >= 15 is 0 Å². The first-order valence-corrected chi connectivity index (χ1v) is 28.2. The van der Waals surface area contributed by atoms with Crippen molar-refractivity contribution in [3.8, 4) is 0 Å². The molecule has 0 rings (SSSR count). The zero-order valence-electron chi connectivity index (χ0n) is 42.6. The zero-order valence-corrected chi connectivity index (χ0v) is 42.6. The van der Waals surface area contributed by atoms with Crippen molar-refractivity contribution in [3.63, 3.8) is 0 Å². The van der Waals surface area contributed by atoms with Crippen LogP contribution in [-0.2, 0) is 28.6 Å². The van der Waals surface area contributed by atoms with E-state index < -0.39 is 6.10 Å². The highest BCUT2D eigenvalue weighted by molar-refractivity contribution is 5.71. The Kier molecular flexibility index (Phi) is 51.2. The first-order valence-electron chi connectivity index (χ1n) is 28.2. The van der Waals surface area contributed by atoms with Crippen molar-refractivity contribution in [2.45, 2.75) is 322 Å². The Balaban J connectivity index is 4.32. The third-order valence-electron chi connectivity index (χ3n) is 12.8. The van der Waals surface area contributed by atoms with Gasteiger partial charge in [-0.05, 0) is 44.9 Å². The molecule has 0 saturated carbocycles. The van der Waals surface area contributed by atoms with E-state index in [0.717, 1.165) is 57.8 Å². The van der Waals surface area contributed by atoms with Gasteiger partial charge in [-0.2, -0.15) is 0 Å². The molecule has 0 aliphatic heterocycles. The molecule has 6 heteroatoms. The molecule has 372 valence electrons. The quantitative estimate of drug-likeness (QED) is 0.0262. The number of hydrogen-bond donors (Lipinski definition) is 0. The molecule has 0 aromatic carbocycles. The maximum absolute atomic E-state index is 12.8. The predicted octanol–water partition coefficient (Wildman–Crippen LogP) is 18.5. The summed E-state index contributed by atoms with van der Waals surface area (Å²) in [6.07, 6.45) is 59.1. The van der Waals surface area contributed by atoms with Crippen LogP contribution in [-0.4, -0.2) is 37.2 Å². The van der Waals surface area contributed by atoms with Crippen LogP contribution in [0.4, 0.5) is 0 Å². The summed E-state index contributed by atoms with van der Waals surface area (Å²) in [6.45, 7) is 6.68. The lowest BCUT2D eigenvalue weighted by Gasteiger charge is -2.18. The number of unbranched alkanes of at least 4 members (excludes halogenated alkanes) is 39. The lowest BCUT2D eigenvalue weighted by Crippen LogP contribution is -2.30. The summed E-state index contributed by atoms with van der Waals surface area (Å²) in [5, 5.41) is 0. The third-order valence-corrected chi connectivity index (χ3v) is 12.8. The molecule has 0 spiro atoms. The molecule has 6 nitrogen and oxygen atoms in total. The Bertz CT molecular complexity index is 928. The molecule has 0 unspecified atom stereocenters. The molecule has 0 N–H and O–H groups in total. The molecule has 0 atom stereocenters. The number of hydrogen-bond acceptors (Lipinski definition) is 6. The second-order valence-corrected chi connectivity index (χ2v) is 19.2. The Morgan fingerprint density at radius 1 is 0.302 bits per heavy atom. The van der Waals surface area contributed by atoms with Crippen LogP contribution in [0, 0.1) is 0 Å². The first-order chi connectivity index (χ1) is 31.0. The molecule has 0 saturated heterocycles. The Labute approximate surface area is 392 Å². The fraction of sp³-hybridized carbons (Fsp3) is 0.912. The monoisotopic (exact) mass is 889 g/mol. The van der Waals surface area contributed by atoms with Crippen molar-refractivity contribution >= 4 is 17.9 Å². The van der Waals surface area contributed by atoms with E-state index in [2.05, 4.69) is 32.9 Å². The molecule has 0 radical (unpaired) electrons. The van der Waals surface area contributed by atoms with Gasteiger partial charge in [-0.3, -0.25) is 14.4 Å². The standard InChI is InChI=1S/C57H108O6/c1-4-7-10-13-16-19-22-25-28-31-34-37-40-43-46-49-55(58)61-52-54(63-57(60)51-48-45-42-39-36-33-30-27-24-21-18-15-12-9-6-3)53-62-56(59)50-47-44-41-38-35-32-29-26-23-20-17-14-11-8-5-2/h21,24,54H,4-20,22-23,25-53H2,1-3H3/b24-21-. The summed E-state index contributed by atoms with van der Waals surface area (Å²) < 4.78 is 16.9. The van der Waals surface area contributed by atoms with Gasteiger partial charge in [-0.25, -0.2) is 0 Å². The summed E-state index contributed by atoms with van der Waals surface area (Å²) in [6, 6.07) is 0. The van der Waals surface area contributed by atoms with Gasteiger partial charge in [0.1, 0.15) is 13.2 Å². The van der Waals surface area contributed by atoms with Crippen LogP contribution in [0.1, 0.15) is 316 Å². The minimum Gasteiger partial charge on any atom is -0.462 e. The van der Waals surface area contributed by atoms with Crippen LogP contribution < -0.4 is 0 Å². The van der Waals surface area contributed by atoms with E-state index in [9.17, 15) is 14.4 Å². The van der Waals surface area contributed by atoms with Crippen LogP contribution in [0.25, 0.3) is 0 Å². The van der Waals surface area contributed by atoms with Crippen molar-refractivity contribution in [2.75, 3.05) is 13.2 Å². The van der Waals surface area contributed by atoms with E-state index in [0.29, 0.717) is 19.3 Å². The third kappa shape index (κ3) is 51.0. The topological polar surface area (TPSA) is 78.9 Å². The van der Waals surface area contributed by atoms with Gasteiger partial charge in [-0.1, -0.05) is 264 Å². The Morgan fingerprint density at radius 2 is 0.524 bits per heavy atom. The largest absolute Gasteiger partial charge is 0.462 e. The van der Waals surface area contributed by atoms with E-state index in [1.54, 1.807) is 0 Å². The lowest BCUT2D eigenvalue weighted by molar-refractivity contribution is -0.167. The molecule has 0 aliphatic carbocycles. The number of allylic oxidation sites excluding steroid dienone is 2. The number of esters is 3. The predicted molar refractivity (Wildman–Crippen MR) is 270 cm³/mol. The van der Waals surface area contributed by atoms with Crippen molar-refractivity contribution in [1.29, 1.82) is 0 Å². The molecular weight excluding hydrogens is 781 g/mol. The summed E-state index contributed by atoms with van der Waals surface area (Å²) in [7, 11) is 0. The average molecular weight is 889 g/mol. The summed E-state index contributed by atoms with van der Waals surface area (Å²) in [4.78, 5) is 38.1.